The van der Waals surface area contributed by atoms with Gasteiger partial charge >= 0.3 is 0 Å². The molecule has 6 heteroatoms. The maximum absolute atomic E-state index is 5.49. The molecule has 5 nitrogen and oxygen atoms in total. The third kappa shape index (κ3) is 2.91. The van der Waals surface area contributed by atoms with Crippen LogP contribution in [0.3, 0.4) is 0 Å². The topological polar surface area (TPSA) is 75.9 Å². The summed E-state index contributed by atoms with van der Waals surface area (Å²) in [6.07, 6.45) is 2.35. The second kappa shape index (κ2) is 5.38. The Kier molecular flexibility index (Phi) is 3.58. The first-order valence-corrected chi connectivity index (χ1v) is 7.66. The Labute approximate surface area is 122 Å². The summed E-state index contributed by atoms with van der Waals surface area (Å²) >= 11 is 1.80. The molecule has 106 valence electrons. The van der Waals surface area contributed by atoms with Crippen LogP contribution >= 0.6 is 11.3 Å². The van der Waals surface area contributed by atoms with Crippen LogP contribution < -0.4 is 16.6 Å². The fourth-order valence-electron chi connectivity index (χ4n) is 2.12. The van der Waals surface area contributed by atoms with Gasteiger partial charge in [-0.1, -0.05) is 0 Å². The van der Waals surface area contributed by atoms with E-state index < -0.39 is 0 Å². The van der Waals surface area contributed by atoms with Crippen LogP contribution in [0.15, 0.2) is 18.2 Å². The summed E-state index contributed by atoms with van der Waals surface area (Å²) < 4.78 is 0. The lowest BCUT2D eigenvalue weighted by atomic mass is 10.2. The molecule has 3 rings (SSSR count). The van der Waals surface area contributed by atoms with E-state index in [-0.39, 0.29) is 6.04 Å². The van der Waals surface area contributed by atoms with Crippen molar-refractivity contribution < 1.29 is 0 Å². The molecule has 0 aromatic carbocycles. The van der Waals surface area contributed by atoms with Gasteiger partial charge in [0.25, 0.3) is 0 Å². The minimum atomic E-state index is 0.223. The fraction of sp³-hybridized carbons (Fsp3) is 0.429. The van der Waals surface area contributed by atoms with Gasteiger partial charge in [-0.15, -0.1) is 11.3 Å². The monoisotopic (exact) mass is 289 g/mol. The Bertz CT molecular complexity index is 605. The van der Waals surface area contributed by atoms with Crippen LogP contribution in [-0.4, -0.2) is 9.97 Å². The van der Waals surface area contributed by atoms with Crippen molar-refractivity contribution in [3.63, 3.8) is 0 Å². The summed E-state index contributed by atoms with van der Waals surface area (Å²) in [6.45, 7) is 4.26. The fourth-order valence-corrected chi connectivity index (χ4v) is 3.00. The number of thiophene rings is 1. The minimum absolute atomic E-state index is 0.223. The highest BCUT2D eigenvalue weighted by atomic mass is 32.1. The number of nitrogens with zero attached hydrogens (tertiary/aromatic N) is 2. The van der Waals surface area contributed by atoms with Crippen LogP contribution in [-0.2, 0) is 0 Å². The highest BCUT2D eigenvalue weighted by Crippen LogP contribution is 2.39. The molecule has 4 N–H and O–H groups in total. The summed E-state index contributed by atoms with van der Waals surface area (Å²) in [6, 6.07) is 6.37. The Morgan fingerprint density at radius 1 is 1.30 bits per heavy atom. The van der Waals surface area contributed by atoms with E-state index in [1.54, 1.807) is 11.3 Å². The summed E-state index contributed by atoms with van der Waals surface area (Å²) in [5.74, 6) is 8.37. The predicted molar refractivity (Wildman–Crippen MR) is 82.9 cm³/mol. The lowest BCUT2D eigenvalue weighted by Crippen LogP contribution is -2.13. The zero-order valence-corrected chi connectivity index (χ0v) is 12.5. The Morgan fingerprint density at radius 2 is 2.05 bits per heavy atom. The summed E-state index contributed by atoms with van der Waals surface area (Å²) in [5, 5.41) is 3.43. The normalized spacial score (nSPS) is 15.9. The highest BCUT2D eigenvalue weighted by Gasteiger charge is 2.27. The molecule has 2 aromatic heterocycles. The van der Waals surface area contributed by atoms with Crippen molar-refractivity contribution in [1.29, 1.82) is 0 Å². The number of rotatable bonds is 5. The average molecular weight is 289 g/mol. The van der Waals surface area contributed by atoms with Gasteiger partial charge in [-0.25, -0.2) is 15.8 Å². The second-order valence-corrected chi connectivity index (χ2v) is 6.55. The molecule has 1 saturated carbocycles. The first-order valence-electron chi connectivity index (χ1n) is 6.84. The zero-order valence-electron chi connectivity index (χ0n) is 11.7. The number of hydrogen-bond acceptors (Lipinski definition) is 6. The molecule has 0 spiro atoms. The number of nitrogen functional groups attached to an aromatic ring is 1. The molecular formula is C14H19N5S. The van der Waals surface area contributed by atoms with Crippen LogP contribution in [0.2, 0.25) is 0 Å². The van der Waals surface area contributed by atoms with E-state index in [1.165, 1.54) is 22.6 Å². The van der Waals surface area contributed by atoms with Gasteiger partial charge < -0.3 is 10.7 Å². The Balaban J connectivity index is 1.80. The first-order chi connectivity index (χ1) is 9.65. The smallest absolute Gasteiger partial charge is 0.145 e. The summed E-state index contributed by atoms with van der Waals surface area (Å²) in [7, 11) is 0. The molecule has 1 unspecified atom stereocenters. The first kappa shape index (κ1) is 13.3. The second-order valence-electron chi connectivity index (χ2n) is 5.23. The molecule has 1 fully saturated rings. The molecule has 20 heavy (non-hydrogen) atoms. The molecule has 1 aliphatic rings. The molecule has 0 aliphatic heterocycles. The van der Waals surface area contributed by atoms with Gasteiger partial charge in [0, 0.05) is 21.7 Å². The van der Waals surface area contributed by atoms with Crippen molar-refractivity contribution in [1.82, 2.24) is 9.97 Å². The van der Waals surface area contributed by atoms with Crippen molar-refractivity contribution >= 4 is 23.0 Å². The number of nitrogens with one attached hydrogen (secondary N) is 2. The van der Waals surface area contributed by atoms with Gasteiger partial charge in [-0.05, 0) is 38.8 Å². The molecule has 2 heterocycles. The molecule has 2 aromatic rings. The van der Waals surface area contributed by atoms with Crippen LogP contribution in [0.4, 0.5) is 11.6 Å². The van der Waals surface area contributed by atoms with Crippen molar-refractivity contribution in [2.75, 3.05) is 10.7 Å². The van der Waals surface area contributed by atoms with E-state index in [9.17, 15) is 0 Å². The lowest BCUT2D eigenvalue weighted by molar-refractivity contribution is 0.868. The largest absolute Gasteiger partial charge is 0.363 e. The summed E-state index contributed by atoms with van der Waals surface area (Å²) in [4.78, 5) is 11.6. The lowest BCUT2D eigenvalue weighted by Gasteiger charge is -2.14. The number of hydrazine groups is 1. The van der Waals surface area contributed by atoms with Gasteiger partial charge in [-0.3, -0.25) is 0 Å². The highest BCUT2D eigenvalue weighted by molar-refractivity contribution is 7.12. The number of nitrogens with two attached hydrogens (primary N) is 1. The predicted octanol–water partition coefficient (Wildman–Crippen LogP) is 3.18. The van der Waals surface area contributed by atoms with E-state index in [1.807, 2.05) is 6.07 Å². The number of anilines is 2. The SMILES string of the molecule is Cc1ccc(C(C)Nc2cc(NN)nc(C3CC3)n2)s1. The van der Waals surface area contributed by atoms with Gasteiger partial charge in [-0.2, -0.15) is 0 Å². The standard InChI is InChI=1S/C14H19N5S/c1-8-3-6-11(20-8)9(2)16-12-7-13(19-15)18-14(17-12)10-4-5-10/h3,6-7,9-10H,4-5,15H2,1-2H3,(H2,16,17,18,19). The van der Waals surface area contributed by atoms with Gasteiger partial charge in [0.05, 0.1) is 6.04 Å². The average Bonchev–Trinajstić information content (AvgIpc) is 3.20. The minimum Gasteiger partial charge on any atom is -0.363 e. The molecular weight excluding hydrogens is 270 g/mol. The van der Waals surface area contributed by atoms with Crippen LogP contribution in [0, 0.1) is 6.92 Å². The van der Waals surface area contributed by atoms with Crippen molar-refractivity contribution in [3.05, 3.63) is 33.8 Å². The maximum Gasteiger partial charge on any atom is 0.145 e. The van der Waals surface area contributed by atoms with Crippen LogP contribution in [0.25, 0.3) is 0 Å². The number of hydrogen-bond donors (Lipinski definition) is 3. The third-order valence-electron chi connectivity index (χ3n) is 3.39. The summed E-state index contributed by atoms with van der Waals surface area (Å²) in [5.41, 5.74) is 2.62. The van der Waals surface area contributed by atoms with E-state index >= 15 is 0 Å². The van der Waals surface area contributed by atoms with Crippen molar-refractivity contribution in [2.45, 2.75) is 38.6 Å². The van der Waals surface area contributed by atoms with Crippen molar-refractivity contribution in [3.8, 4) is 0 Å². The number of aryl methyl sites for hydroxylation is 1. The molecule has 0 radical (unpaired) electrons. The third-order valence-corrected chi connectivity index (χ3v) is 4.57. The van der Waals surface area contributed by atoms with Crippen LogP contribution in [0.1, 0.15) is 47.3 Å². The van der Waals surface area contributed by atoms with E-state index in [0.717, 1.165) is 11.6 Å². The van der Waals surface area contributed by atoms with Gasteiger partial charge in [0.2, 0.25) is 0 Å². The Morgan fingerprint density at radius 3 is 2.65 bits per heavy atom. The van der Waals surface area contributed by atoms with E-state index in [2.05, 4.69) is 46.7 Å². The maximum atomic E-state index is 5.49. The van der Waals surface area contributed by atoms with E-state index in [0.29, 0.717) is 11.7 Å². The van der Waals surface area contributed by atoms with Gasteiger partial charge in [0.1, 0.15) is 17.5 Å². The molecule has 0 bridgehead atoms. The molecule has 0 amide bonds. The quantitative estimate of drug-likeness (QED) is 0.582. The van der Waals surface area contributed by atoms with Gasteiger partial charge in [0.15, 0.2) is 0 Å². The van der Waals surface area contributed by atoms with E-state index in [4.69, 9.17) is 5.84 Å². The molecule has 1 aliphatic carbocycles. The number of aromatic nitrogens is 2. The Hall–Kier alpha value is -1.66. The van der Waals surface area contributed by atoms with Crippen molar-refractivity contribution in [2.24, 2.45) is 5.84 Å². The molecule has 0 saturated heterocycles. The molecule has 1 atom stereocenters. The van der Waals surface area contributed by atoms with Crippen LogP contribution in [0.5, 0.6) is 0 Å². The zero-order chi connectivity index (χ0) is 14.1.